The van der Waals surface area contributed by atoms with Crippen molar-refractivity contribution in [3.05, 3.63) is 33.7 Å². The first-order chi connectivity index (χ1) is 9.06. The van der Waals surface area contributed by atoms with Crippen LogP contribution in [0.4, 0.5) is 20.4 Å². The summed E-state index contributed by atoms with van der Waals surface area (Å²) in [5, 5.41) is 4.26. The van der Waals surface area contributed by atoms with Crippen molar-refractivity contribution >= 4 is 34.2 Å². The molecule has 100 valence electrons. The summed E-state index contributed by atoms with van der Waals surface area (Å²) in [4.78, 5) is 6.10. The first-order valence-corrected chi connectivity index (χ1v) is 6.99. The lowest BCUT2D eigenvalue weighted by Crippen LogP contribution is -2.36. The van der Waals surface area contributed by atoms with Gasteiger partial charge in [-0.25, -0.2) is 13.5 Å². The standard InChI is InChI=1S/C12H11F2IN4/c1-7-4-5-18-12(16-11(15)17-18)19(7)10-3-2-8(13)6-9(10)14/h2-3,6-7H,4-5H2,1H3/t7-/m0/s1. The molecule has 0 fully saturated rings. The highest BCUT2D eigenvalue weighted by Crippen LogP contribution is 2.33. The SMILES string of the molecule is C[C@H]1CCn2nc(I)nc2N1c1ccc(F)cc1F. The largest absolute Gasteiger partial charge is 0.305 e. The van der Waals surface area contributed by atoms with Crippen LogP contribution < -0.4 is 4.90 Å². The second-order valence-electron chi connectivity index (χ2n) is 4.51. The van der Waals surface area contributed by atoms with Crippen molar-refractivity contribution in [3.63, 3.8) is 0 Å². The van der Waals surface area contributed by atoms with Gasteiger partial charge < -0.3 is 4.90 Å². The van der Waals surface area contributed by atoms with Gasteiger partial charge in [0.2, 0.25) is 9.78 Å². The maximum absolute atomic E-state index is 14.0. The van der Waals surface area contributed by atoms with Crippen molar-refractivity contribution in [3.8, 4) is 0 Å². The Bertz CT molecular complexity index is 628. The van der Waals surface area contributed by atoms with Crippen LogP contribution in [0, 0.1) is 15.5 Å². The van der Waals surface area contributed by atoms with E-state index in [0.717, 1.165) is 19.0 Å². The van der Waals surface area contributed by atoms with E-state index < -0.39 is 11.6 Å². The molecule has 7 heteroatoms. The van der Waals surface area contributed by atoms with Crippen LogP contribution in [0.3, 0.4) is 0 Å². The first kappa shape index (κ1) is 12.8. The van der Waals surface area contributed by atoms with Gasteiger partial charge in [0.25, 0.3) is 0 Å². The van der Waals surface area contributed by atoms with Crippen molar-refractivity contribution in [2.45, 2.75) is 25.9 Å². The molecule has 1 aromatic carbocycles. The van der Waals surface area contributed by atoms with Crippen LogP contribution in [0.25, 0.3) is 0 Å². The highest BCUT2D eigenvalue weighted by molar-refractivity contribution is 14.1. The van der Waals surface area contributed by atoms with E-state index >= 15 is 0 Å². The van der Waals surface area contributed by atoms with E-state index in [-0.39, 0.29) is 6.04 Å². The van der Waals surface area contributed by atoms with E-state index in [1.807, 2.05) is 29.5 Å². The number of hydrogen-bond acceptors (Lipinski definition) is 3. The van der Waals surface area contributed by atoms with Gasteiger partial charge in [-0.3, -0.25) is 0 Å². The molecule has 0 amide bonds. The quantitative estimate of drug-likeness (QED) is 0.718. The zero-order valence-electron chi connectivity index (χ0n) is 10.1. The Balaban J connectivity index is 2.12. The molecule has 3 rings (SSSR count). The van der Waals surface area contributed by atoms with Crippen LogP contribution >= 0.6 is 22.6 Å². The maximum atomic E-state index is 14.0. The van der Waals surface area contributed by atoms with Crippen molar-refractivity contribution in [2.75, 3.05) is 4.90 Å². The Morgan fingerprint density at radius 2 is 2.16 bits per heavy atom. The average molecular weight is 376 g/mol. The Kier molecular flexibility index (Phi) is 3.15. The number of aromatic nitrogens is 3. The van der Waals surface area contributed by atoms with E-state index in [1.54, 1.807) is 9.58 Å². The fourth-order valence-electron chi connectivity index (χ4n) is 2.29. The third-order valence-electron chi connectivity index (χ3n) is 3.21. The lowest BCUT2D eigenvalue weighted by molar-refractivity contribution is 0.467. The van der Waals surface area contributed by atoms with E-state index in [0.29, 0.717) is 15.5 Å². The minimum atomic E-state index is -0.585. The van der Waals surface area contributed by atoms with Crippen molar-refractivity contribution < 1.29 is 8.78 Å². The summed E-state index contributed by atoms with van der Waals surface area (Å²) in [6.45, 7) is 2.75. The number of fused-ring (bicyclic) bond motifs is 1. The number of halogens is 3. The van der Waals surface area contributed by atoms with Gasteiger partial charge in [-0.15, -0.1) is 5.10 Å². The molecule has 1 aromatic heterocycles. The average Bonchev–Trinajstić information content (AvgIpc) is 2.71. The van der Waals surface area contributed by atoms with Gasteiger partial charge in [0.1, 0.15) is 11.6 Å². The van der Waals surface area contributed by atoms with Gasteiger partial charge in [-0.2, -0.15) is 4.98 Å². The summed E-state index contributed by atoms with van der Waals surface area (Å²) in [6.07, 6.45) is 0.837. The molecule has 0 saturated carbocycles. The van der Waals surface area contributed by atoms with Gasteiger partial charge in [0, 0.05) is 41.2 Å². The lowest BCUT2D eigenvalue weighted by atomic mass is 10.1. The van der Waals surface area contributed by atoms with Crippen LogP contribution in [0.15, 0.2) is 18.2 Å². The molecule has 0 bridgehead atoms. The molecule has 1 atom stereocenters. The zero-order chi connectivity index (χ0) is 13.6. The minimum Gasteiger partial charge on any atom is -0.305 e. The Morgan fingerprint density at radius 3 is 2.89 bits per heavy atom. The molecule has 0 saturated heterocycles. The molecule has 19 heavy (non-hydrogen) atoms. The maximum Gasteiger partial charge on any atom is 0.229 e. The summed E-state index contributed by atoms with van der Waals surface area (Å²) < 4.78 is 29.4. The lowest BCUT2D eigenvalue weighted by Gasteiger charge is -2.34. The number of nitrogens with zero attached hydrogens (tertiary/aromatic N) is 4. The monoisotopic (exact) mass is 376 g/mol. The van der Waals surface area contributed by atoms with Crippen molar-refractivity contribution in [1.82, 2.24) is 14.8 Å². The molecule has 0 unspecified atom stereocenters. The van der Waals surface area contributed by atoms with Gasteiger partial charge in [0.15, 0.2) is 0 Å². The summed E-state index contributed by atoms with van der Waals surface area (Å²) in [6, 6.07) is 3.68. The molecule has 1 aliphatic rings. The van der Waals surface area contributed by atoms with Gasteiger partial charge in [-0.05, 0) is 25.5 Å². The number of aryl methyl sites for hydroxylation is 1. The minimum absolute atomic E-state index is 0.0902. The fourth-order valence-corrected chi connectivity index (χ4v) is 2.77. The Hall–Kier alpha value is -1.25. The van der Waals surface area contributed by atoms with Crippen LogP contribution in [-0.2, 0) is 6.54 Å². The summed E-state index contributed by atoms with van der Waals surface area (Å²) in [5.74, 6) is -0.561. The molecule has 2 heterocycles. The number of benzene rings is 1. The van der Waals surface area contributed by atoms with Crippen LogP contribution in [0.5, 0.6) is 0 Å². The molecule has 0 radical (unpaired) electrons. The second-order valence-corrected chi connectivity index (χ2v) is 5.47. The van der Waals surface area contributed by atoms with E-state index in [2.05, 4.69) is 10.1 Å². The predicted molar refractivity (Wildman–Crippen MR) is 75.3 cm³/mol. The normalized spacial score (nSPS) is 18.5. The third kappa shape index (κ3) is 2.19. The van der Waals surface area contributed by atoms with Crippen molar-refractivity contribution in [2.24, 2.45) is 0 Å². The smallest absolute Gasteiger partial charge is 0.229 e. The van der Waals surface area contributed by atoms with E-state index in [4.69, 9.17) is 0 Å². The zero-order valence-corrected chi connectivity index (χ0v) is 12.3. The molecular formula is C12H11F2IN4. The molecule has 0 aliphatic carbocycles. The molecule has 2 aromatic rings. The molecular weight excluding hydrogens is 365 g/mol. The summed E-state index contributed by atoms with van der Waals surface area (Å²) in [7, 11) is 0. The third-order valence-corrected chi connectivity index (χ3v) is 3.67. The van der Waals surface area contributed by atoms with Gasteiger partial charge in [-0.1, -0.05) is 0 Å². The molecule has 4 nitrogen and oxygen atoms in total. The topological polar surface area (TPSA) is 34.0 Å². The highest BCUT2D eigenvalue weighted by atomic mass is 127. The number of hydrogen-bond donors (Lipinski definition) is 0. The van der Waals surface area contributed by atoms with Crippen LogP contribution in [0.2, 0.25) is 0 Å². The fraction of sp³-hybridized carbons (Fsp3) is 0.333. The first-order valence-electron chi connectivity index (χ1n) is 5.91. The number of rotatable bonds is 1. The summed E-state index contributed by atoms with van der Waals surface area (Å²) in [5.41, 5.74) is 0.332. The van der Waals surface area contributed by atoms with Gasteiger partial charge in [0.05, 0.1) is 5.69 Å². The van der Waals surface area contributed by atoms with Gasteiger partial charge >= 0.3 is 0 Å². The van der Waals surface area contributed by atoms with E-state index in [9.17, 15) is 8.78 Å². The highest BCUT2D eigenvalue weighted by Gasteiger charge is 2.29. The molecule has 0 spiro atoms. The molecule has 0 N–H and O–H groups in total. The summed E-state index contributed by atoms with van der Waals surface area (Å²) >= 11 is 2.03. The predicted octanol–water partition coefficient (Wildman–Crippen LogP) is 3.09. The Labute approximate surface area is 122 Å². The van der Waals surface area contributed by atoms with E-state index in [1.165, 1.54) is 12.1 Å². The van der Waals surface area contributed by atoms with Crippen LogP contribution in [0.1, 0.15) is 13.3 Å². The van der Waals surface area contributed by atoms with Crippen molar-refractivity contribution in [1.29, 1.82) is 0 Å². The molecule has 1 aliphatic heterocycles. The Morgan fingerprint density at radius 1 is 1.37 bits per heavy atom. The number of anilines is 2. The second kappa shape index (κ2) is 4.69. The van der Waals surface area contributed by atoms with Crippen LogP contribution in [-0.4, -0.2) is 20.8 Å².